The van der Waals surface area contributed by atoms with Crippen LogP contribution in [0.3, 0.4) is 0 Å². The molecule has 6 heteroatoms. The van der Waals surface area contributed by atoms with E-state index < -0.39 is 0 Å². The van der Waals surface area contributed by atoms with Gasteiger partial charge in [-0.1, -0.05) is 49.1 Å². The molecule has 1 saturated carbocycles. The fraction of sp³-hybridized carbons (Fsp3) is 0.409. The first-order valence-electron chi connectivity index (χ1n) is 10.1. The van der Waals surface area contributed by atoms with Gasteiger partial charge in [-0.2, -0.15) is 0 Å². The second kappa shape index (κ2) is 7.55. The van der Waals surface area contributed by atoms with E-state index in [0.717, 1.165) is 35.4 Å². The third-order valence-electron chi connectivity index (χ3n) is 5.84. The van der Waals surface area contributed by atoms with Gasteiger partial charge >= 0.3 is 0 Å². The lowest BCUT2D eigenvalue weighted by Gasteiger charge is -2.40. The Morgan fingerprint density at radius 3 is 2.64 bits per heavy atom. The Morgan fingerprint density at radius 1 is 0.964 bits per heavy atom. The van der Waals surface area contributed by atoms with E-state index in [4.69, 9.17) is 21.3 Å². The van der Waals surface area contributed by atoms with Crippen molar-refractivity contribution in [2.24, 2.45) is 0 Å². The molecule has 144 valence electrons. The highest BCUT2D eigenvalue weighted by molar-refractivity contribution is 6.29. The highest BCUT2D eigenvalue weighted by atomic mass is 35.5. The minimum atomic E-state index is 0.103. The van der Waals surface area contributed by atoms with Gasteiger partial charge in [0, 0.05) is 10.9 Å². The van der Waals surface area contributed by atoms with Crippen LogP contribution < -0.4 is 9.64 Å². The van der Waals surface area contributed by atoms with Crippen molar-refractivity contribution in [1.29, 1.82) is 0 Å². The van der Waals surface area contributed by atoms with Crippen molar-refractivity contribution in [3.8, 4) is 5.88 Å². The smallest absolute Gasteiger partial charge is 0.237 e. The average molecular weight is 395 g/mol. The van der Waals surface area contributed by atoms with Gasteiger partial charge in [0.15, 0.2) is 5.15 Å². The van der Waals surface area contributed by atoms with Crippen LogP contribution >= 0.6 is 11.6 Å². The summed E-state index contributed by atoms with van der Waals surface area (Å²) >= 11 is 6.13. The van der Waals surface area contributed by atoms with Gasteiger partial charge in [0.25, 0.3) is 0 Å². The molecule has 0 bridgehead atoms. The molecule has 0 radical (unpaired) electrons. The van der Waals surface area contributed by atoms with Gasteiger partial charge in [-0.25, -0.2) is 4.98 Å². The molecular formula is C22H23ClN4O. The van der Waals surface area contributed by atoms with Crippen LogP contribution in [0.25, 0.3) is 10.9 Å². The summed E-state index contributed by atoms with van der Waals surface area (Å²) in [6.45, 7) is 1.61. The van der Waals surface area contributed by atoms with Gasteiger partial charge in [-0.05, 0) is 43.0 Å². The zero-order valence-corrected chi connectivity index (χ0v) is 16.5. The first kappa shape index (κ1) is 17.7. The van der Waals surface area contributed by atoms with Crippen LogP contribution in [-0.2, 0) is 0 Å². The highest BCUT2D eigenvalue weighted by Gasteiger charge is 2.32. The fourth-order valence-corrected chi connectivity index (χ4v) is 4.41. The summed E-state index contributed by atoms with van der Waals surface area (Å²) in [4.78, 5) is 7.00. The number of pyridine rings is 1. The summed E-state index contributed by atoms with van der Waals surface area (Å²) in [5.41, 5.74) is 2.15. The summed E-state index contributed by atoms with van der Waals surface area (Å²) in [7, 11) is 0. The van der Waals surface area contributed by atoms with E-state index in [-0.39, 0.29) is 6.10 Å². The number of hydrogen-bond acceptors (Lipinski definition) is 5. The zero-order valence-electron chi connectivity index (χ0n) is 15.7. The minimum Gasteiger partial charge on any atom is -0.469 e. The van der Waals surface area contributed by atoms with Crippen LogP contribution in [0.15, 0.2) is 42.5 Å². The number of nitrogens with zero attached hydrogens (tertiary/aromatic N) is 4. The Kier molecular flexibility index (Phi) is 4.77. The van der Waals surface area contributed by atoms with E-state index in [1.807, 2.05) is 24.3 Å². The van der Waals surface area contributed by atoms with Crippen molar-refractivity contribution in [3.63, 3.8) is 0 Å². The lowest BCUT2D eigenvalue weighted by molar-refractivity contribution is 0.155. The molecule has 1 aliphatic carbocycles. The summed E-state index contributed by atoms with van der Waals surface area (Å²) < 4.78 is 6.23. The number of ether oxygens (including phenoxy) is 1. The van der Waals surface area contributed by atoms with Crippen LogP contribution in [0.1, 0.15) is 43.6 Å². The quantitative estimate of drug-likeness (QED) is 0.623. The predicted octanol–water partition coefficient (Wildman–Crippen LogP) is 4.99. The number of fused-ring (bicyclic) bond motifs is 1. The number of hydrogen-bond donors (Lipinski definition) is 0. The molecule has 2 aliphatic rings. The van der Waals surface area contributed by atoms with Crippen molar-refractivity contribution in [2.75, 3.05) is 18.0 Å². The third-order valence-corrected chi connectivity index (χ3v) is 6.02. The zero-order chi connectivity index (χ0) is 18.9. The van der Waals surface area contributed by atoms with Crippen molar-refractivity contribution in [3.05, 3.63) is 53.2 Å². The number of para-hydroxylation sites is 1. The van der Waals surface area contributed by atoms with Crippen LogP contribution in [0, 0.1) is 0 Å². The normalized spacial score (nSPS) is 18.2. The Balaban J connectivity index is 1.28. The van der Waals surface area contributed by atoms with E-state index in [9.17, 15) is 0 Å². The Hall–Kier alpha value is -2.40. The van der Waals surface area contributed by atoms with E-state index in [1.54, 1.807) is 0 Å². The first-order chi connectivity index (χ1) is 13.8. The highest BCUT2D eigenvalue weighted by Crippen LogP contribution is 2.38. The molecule has 2 aromatic heterocycles. The van der Waals surface area contributed by atoms with E-state index in [2.05, 4.69) is 33.3 Å². The van der Waals surface area contributed by atoms with Crippen molar-refractivity contribution >= 4 is 28.3 Å². The second-order valence-electron chi connectivity index (χ2n) is 7.77. The number of aromatic nitrogens is 3. The van der Waals surface area contributed by atoms with Gasteiger partial charge in [0.2, 0.25) is 5.88 Å². The molecule has 3 aromatic rings. The maximum absolute atomic E-state index is 6.23. The minimum absolute atomic E-state index is 0.103. The van der Waals surface area contributed by atoms with Crippen molar-refractivity contribution in [2.45, 2.75) is 44.1 Å². The summed E-state index contributed by atoms with van der Waals surface area (Å²) in [5, 5.41) is 9.91. The number of halogens is 1. The monoisotopic (exact) mass is 394 g/mol. The largest absolute Gasteiger partial charge is 0.469 e. The van der Waals surface area contributed by atoms with Gasteiger partial charge < -0.3 is 9.64 Å². The molecule has 2 fully saturated rings. The molecular weight excluding hydrogens is 372 g/mol. The van der Waals surface area contributed by atoms with Crippen LogP contribution in [0.4, 0.5) is 5.82 Å². The van der Waals surface area contributed by atoms with Gasteiger partial charge in [0.05, 0.1) is 18.6 Å². The molecule has 1 saturated heterocycles. The van der Waals surface area contributed by atoms with E-state index >= 15 is 0 Å². The van der Waals surface area contributed by atoms with Crippen LogP contribution in [-0.4, -0.2) is 34.4 Å². The second-order valence-corrected chi connectivity index (χ2v) is 8.16. The van der Waals surface area contributed by atoms with Gasteiger partial charge in [-0.3, -0.25) is 0 Å². The van der Waals surface area contributed by atoms with Crippen molar-refractivity contribution < 1.29 is 4.74 Å². The third kappa shape index (κ3) is 3.51. The lowest BCUT2D eigenvalue weighted by Crippen LogP contribution is -2.54. The predicted molar refractivity (Wildman–Crippen MR) is 111 cm³/mol. The maximum Gasteiger partial charge on any atom is 0.237 e. The molecule has 3 heterocycles. The number of rotatable bonds is 4. The molecule has 1 aliphatic heterocycles. The van der Waals surface area contributed by atoms with Gasteiger partial charge in [-0.15, -0.1) is 10.2 Å². The molecule has 0 atom stereocenters. The SMILES string of the molecule is Clc1cc(C2CCCCC2)c(OC2CN(c3ccc4ccccc4n3)C2)nn1. The topological polar surface area (TPSA) is 51.1 Å². The van der Waals surface area contributed by atoms with Crippen LogP contribution in [0.5, 0.6) is 5.88 Å². The molecule has 0 unspecified atom stereocenters. The fourth-order valence-electron chi connectivity index (χ4n) is 4.26. The van der Waals surface area contributed by atoms with Gasteiger partial charge in [0.1, 0.15) is 11.9 Å². The standard InChI is InChI=1S/C22H23ClN4O/c23-20-12-18(15-6-2-1-3-7-15)22(26-25-20)28-17-13-27(14-17)21-11-10-16-8-4-5-9-19(16)24-21/h4-5,8-12,15,17H,1-3,6-7,13-14H2. The average Bonchev–Trinajstić information content (AvgIpc) is 2.71. The molecule has 5 rings (SSSR count). The lowest BCUT2D eigenvalue weighted by atomic mass is 9.84. The molecule has 28 heavy (non-hydrogen) atoms. The van der Waals surface area contributed by atoms with E-state index in [1.165, 1.54) is 32.1 Å². The number of anilines is 1. The molecule has 0 amide bonds. The Morgan fingerprint density at radius 2 is 1.79 bits per heavy atom. The summed E-state index contributed by atoms with van der Waals surface area (Å²) in [5.74, 6) is 2.13. The number of benzene rings is 1. The molecule has 1 aromatic carbocycles. The Labute approximate surface area is 169 Å². The maximum atomic E-state index is 6.23. The molecule has 0 N–H and O–H groups in total. The van der Waals surface area contributed by atoms with Crippen LogP contribution in [0.2, 0.25) is 5.15 Å². The van der Waals surface area contributed by atoms with Crippen molar-refractivity contribution in [1.82, 2.24) is 15.2 Å². The molecule has 5 nitrogen and oxygen atoms in total. The van der Waals surface area contributed by atoms with E-state index in [0.29, 0.717) is 17.0 Å². The molecule has 0 spiro atoms. The summed E-state index contributed by atoms with van der Waals surface area (Å²) in [6, 6.07) is 14.3. The summed E-state index contributed by atoms with van der Waals surface area (Å²) in [6.07, 6.45) is 6.29. The first-order valence-corrected chi connectivity index (χ1v) is 10.4. The Bertz CT molecular complexity index is 983.